The highest BCUT2D eigenvalue weighted by Crippen LogP contribution is 2.31. The molecule has 2 aromatic heterocycles. The standard InChI is InChI=1S/C15H17N5O3/c1-10(21)17-8-11-7-16-9-13(18-11)14-3-2-5-20(14)15(22)12-4-6-23-19-12/h4,6-7,9,14H,2-3,5,8H2,1H3,(H,17,21)/t14-/m1/s1. The Morgan fingerprint density at radius 2 is 2.30 bits per heavy atom. The lowest BCUT2D eigenvalue weighted by molar-refractivity contribution is -0.119. The third-order valence-corrected chi connectivity index (χ3v) is 3.73. The Morgan fingerprint density at radius 1 is 1.43 bits per heavy atom. The van der Waals surface area contributed by atoms with Crippen LogP contribution in [0.1, 0.15) is 47.7 Å². The molecule has 0 unspecified atom stereocenters. The predicted molar refractivity (Wildman–Crippen MR) is 79.1 cm³/mol. The number of carbonyl (C=O) groups is 2. The van der Waals surface area contributed by atoms with E-state index in [2.05, 4.69) is 20.4 Å². The number of aromatic nitrogens is 3. The van der Waals surface area contributed by atoms with Gasteiger partial charge in [0.15, 0.2) is 5.69 Å². The van der Waals surface area contributed by atoms with Crippen molar-refractivity contribution >= 4 is 11.8 Å². The van der Waals surface area contributed by atoms with E-state index in [1.807, 2.05) is 0 Å². The summed E-state index contributed by atoms with van der Waals surface area (Å²) in [6, 6.07) is 1.42. The van der Waals surface area contributed by atoms with Crippen molar-refractivity contribution in [2.24, 2.45) is 0 Å². The molecule has 120 valence electrons. The van der Waals surface area contributed by atoms with E-state index >= 15 is 0 Å². The fourth-order valence-corrected chi connectivity index (χ4v) is 2.67. The Balaban J connectivity index is 1.78. The highest BCUT2D eigenvalue weighted by Gasteiger charge is 2.32. The van der Waals surface area contributed by atoms with Crippen LogP contribution in [-0.4, -0.2) is 38.4 Å². The molecule has 8 heteroatoms. The average Bonchev–Trinajstić information content (AvgIpc) is 3.23. The molecule has 2 amide bonds. The number of nitrogens with one attached hydrogen (secondary N) is 1. The minimum absolute atomic E-state index is 0.124. The number of amides is 2. The third kappa shape index (κ3) is 3.36. The summed E-state index contributed by atoms with van der Waals surface area (Å²) in [4.78, 5) is 33.9. The topological polar surface area (TPSA) is 101 Å². The zero-order chi connectivity index (χ0) is 16.2. The molecule has 1 saturated heterocycles. The van der Waals surface area contributed by atoms with Crippen LogP contribution in [0, 0.1) is 0 Å². The molecule has 2 aromatic rings. The third-order valence-electron chi connectivity index (χ3n) is 3.73. The molecular formula is C15H17N5O3. The molecule has 8 nitrogen and oxygen atoms in total. The predicted octanol–water partition coefficient (Wildman–Crippen LogP) is 1.08. The second-order valence-corrected chi connectivity index (χ2v) is 5.39. The van der Waals surface area contributed by atoms with Gasteiger partial charge in [-0.1, -0.05) is 5.16 Å². The smallest absolute Gasteiger partial charge is 0.276 e. The van der Waals surface area contributed by atoms with Crippen molar-refractivity contribution < 1.29 is 14.1 Å². The van der Waals surface area contributed by atoms with Crippen molar-refractivity contribution in [2.45, 2.75) is 32.4 Å². The van der Waals surface area contributed by atoms with Crippen molar-refractivity contribution in [1.82, 2.24) is 25.3 Å². The van der Waals surface area contributed by atoms with Crippen LogP contribution in [0.4, 0.5) is 0 Å². The van der Waals surface area contributed by atoms with Crippen LogP contribution in [0.3, 0.4) is 0 Å². The van der Waals surface area contributed by atoms with Crippen molar-refractivity contribution in [3.8, 4) is 0 Å². The Kier molecular flexibility index (Phi) is 4.31. The molecule has 1 aliphatic rings. The molecule has 3 rings (SSSR count). The molecule has 0 bridgehead atoms. The molecular weight excluding hydrogens is 298 g/mol. The van der Waals surface area contributed by atoms with Crippen molar-refractivity contribution in [1.29, 1.82) is 0 Å². The van der Waals surface area contributed by atoms with Crippen LogP contribution in [0.25, 0.3) is 0 Å². The lowest BCUT2D eigenvalue weighted by Crippen LogP contribution is -2.31. The molecule has 1 fully saturated rings. The summed E-state index contributed by atoms with van der Waals surface area (Å²) in [7, 11) is 0. The van der Waals surface area contributed by atoms with Gasteiger partial charge < -0.3 is 14.7 Å². The average molecular weight is 315 g/mol. The van der Waals surface area contributed by atoms with E-state index in [1.165, 1.54) is 13.2 Å². The van der Waals surface area contributed by atoms with E-state index in [-0.39, 0.29) is 17.9 Å². The molecule has 23 heavy (non-hydrogen) atoms. The first-order chi connectivity index (χ1) is 11.1. The van der Waals surface area contributed by atoms with Gasteiger partial charge in [-0.25, -0.2) is 0 Å². The van der Waals surface area contributed by atoms with E-state index < -0.39 is 0 Å². The van der Waals surface area contributed by atoms with Gasteiger partial charge in [-0.3, -0.25) is 19.6 Å². The molecule has 1 atom stereocenters. The van der Waals surface area contributed by atoms with E-state index in [0.29, 0.717) is 24.5 Å². The minimum Gasteiger partial charge on any atom is -0.364 e. The van der Waals surface area contributed by atoms with Gasteiger partial charge >= 0.3 is 0 Å². The zero-order valence-electron chi connectivity index (χ0n) is 12.7. The summed E-state index contributed by atoms with van der Waals surface area (Å²) in [5.41, 5.74) is 1.68. The summed E-state index contributed by atoms with van der Waals surface area (Å²) in [5.74, 6) is -0.295. The minimum atomic E-state index is -0.171. The maximum atomic E-state index is 12.5. The SMILES string of the molecule is CC(=O)NCc1cncc([C@H]2CCCN2C(=O)c2ccon2)n1. The van der Waals surface area contributed by atoms with E-state index in [0.717, 1.165) is 18.5 Å². The van der Waals surface area contributed by atoms with Crippen LogP contribution in [0.2, 0.25) is 0 Å². The van der Waals surface area contributed by atoms with Gasteiger partial charge in [0.25, 0.3) is 5.91 Å². The van der Waals surface area contributed by atoms with Crippen LogP contribution in [0.5, 0.6) is 0 Å². The normalized spacial score (nSPS) is 17.3. The Labute approximate surface area is 132 Å². The first-order valence-corrected chi connectivity index (χ1v) is 7.42. The van der Waals surface area contributed by atoms with Crippen molar-refractivity contribution in [3.63, 3.8) is 0 Å². The van der Waals surface area contributed by atoms with Crippen LogP contribution in [-0.2, 0) is 11.3 Å². The Bertz CT molecular complexity index is 701. The Hall–Kier alpha value is -2.77. The van der Waals surface area contributed by atoms with Gasteiger partial charge in [-0.15, -0.1) is 0 Å². The van der Waals surface area contributed by atoms with E-state index in [9.17, 15) is 9.59 Å². The molecule has 1 N–H and O–H groups in total. The van der Waals surface area contributed by atoms with Gasteiger partial charge in [0.05, 0.1) is 36.4 Å². The maximum Gasteiger partial charge on any atom is 0.276 e. The second-order valence-electron chi connectivity index (χ2n) is 5.39. The summed E-state index contributed by atoms with van der Waals surface area (Å²) < 4.78 is 4.74. The molecule has 3 heterocycles. The lowest BCUT2D eigenvalue weighted by Gasteiger charge is -2.23. The fourth-order valence-electron chi connectivity index (χ4n) is 2.67. The van der Waals surface area contributed by atoms with Crippen LogP contribution in [0.15, 0.2) is 29.2 Å². The number of hydrogen-bond donors (Lipinski definition) is 1. The van der Waals surface area contributed by atoms with Crippen molar-refractivity contribution in [2.75, 3.05) is 6.54 Å². The molecule has 0 radical (unpaired) electrons. The molecule has 1 aliphatic heterocycles. The molecule has 0 saturated carbocycles. The van der Waals surface area contributed by atoms with E-state index in [1.54, 1.807) is 23.4 Å². The first-order valence-electron chi connectivity index (χ1n) is 7.42. The van der Waals surface area contributed by atoms with Gasteiger partial charge in [-0.2, -0.15) is 0 Å². The number of likely N-dealkylation sites (tertiary alicyclic amines) is 1. The summed E-state index contributed by atoms with van der Waals surface area (Å²) in [6.07, 6.45) is 6.37. The van der Waals surface area contributed by atoms with Gasteiger partial charge in [0.1, 0.15) is 6.26 Å². The van der Waals surface area contributed by atoms with E-state index in [4.69, 9.17) is 4.52 Å². The summed E-state index contributed by atoms with van der Waals surface area (Å²) >= 11 is 0. The second kappa shape index (κ2) is 6.55. The number of carbonyl (C=O) groups excluding carboxylic acids is 2. The fraction of sp³-hybridized carbons (Fsp3) is 0.400. The number of nitrogens with zero attached hydrogens (tertiary/aromatic N) is 4. The van der Waals surface area contributed by atoms with Gasteiger partial charge in [-0.05, 0) is 12.8 Å². The van der Waals surface area contributed by atoms with Gasteiger partial charge in [0, 0.05) is 19.5 Å². The highest BCUT2D eigenvalue weighted by molar-refractivity contribution is 5.92. The molecule has 0 aliphatic carbocycles. The summed E-state index contributed by atoms with van der Waals surface area (Å²) in [6.45, 7) is 2.42. The summed E-state index contributed by atoms with van der Waals surface area (Å²) in [5, 5.41) is 6.40. The molecule has 0 spiro atoms. The largest absolute Gasteiger partial charge is 0.364 e. The first kappa shape index (κ1) is 15.1. The number of rotatable bonds is 4. The van der Waals surface area contributed by atoms with Gasteiger partial charge in [0.2, 0.25) is 5.91 Å². The zero-order valence-corrected chi connectivity index (χ0v) is 12.7. The van der Waals surface area contributed by atoms with Crippen molar-refractivity contribution in [3.05, 3.63) is 41.8 Å². The lowest BCUT2D eigenvalue weighted by atomic mass is 10.1. The quantitative estimate of drug-likeness (QED) is 0.906. The maximum absolute atomic E-state index is 12.5. The Morgan fingerprint density at radius 3 is 3.04 bits per heavy atom. The molecule has 0 aromatic carbocycles. The number of hydrogen-bond acceptors (Lipinski definition) is 6. The highest BCUT2D eigenvalue weighted by atomic mass is 16.5. The van der Waals surface area contributed by atoms with Crippen LogP contribution < -0.4 is 5.32 Å². The van der Waals surface area contributed by atoms with Crippen LogP contribution >= 0.6 is 0 Å². The monoisotopic (exact) mass is 315 g/mol.